The van der Waals surface area contributed by atoms with Gasteiger partial charge in [0.05, 0.1) is 10.6 Å². The summed E-state index contributed by atoms with van der Waals surface area (Å²) in [4.78, 5) is 12.8. The number of carbonyl (C=O) groups excluding carboxylic acids is 1. The van der Waals surface area contributed by atoms with Gasteiger partial charge in [-0.25, -0.2) is 8.42 Å². The summed E-state index contributed by atoms with van der Waals surface area (Å²) >= 11 is 3.37. The number of nitrogens with one attached hydrogen (secondary N) is 1. The Morgan fingerprint density at radius 1 is 0.967 bits per heavy atom. The highest BCUT2D eigenvalue weighted by atomic mass is 79.9. The molecule has 0 aliphatic heterocycles. The van der Waals surface area contributed by atoms with Gasteiger partial charge in [0, 0.05) is 11.0 Å². The first-order chi connectivity index (χ1) is 14.4. The molecule has 0 fully saturated rings. The van der Waals surface area contributed by atoms with Crippen molar-refractivity contribution in [2.24, 2.45) is 0 Å². The molecule has 0 saturated carbocycles. The maximum absolute atomic E-state index is 13.3. The van der Waals surface area contributed by atoms with E-state index in [-0.39, 0.29) is 23.3 Å². The second kappa shape index (κ2) is 9.91. The highest BCUT2D eigenvalue weighted by molar-refractivity contribution is 9.10. The molecule has 5 nitrogen and oxygen atoms in total. The van der Waals surface area contributed by atoms with Crippen LogP contribution in [0, 0.1) is 0 Å². The van der Waals surface area contributed by atoms with Crippen molar-refractivity contribution < 1.29 is 13.2 Å². The van der Waals surface area contributed by atoms with Crippen molar-refractivity contribution in [3.05, 3.63) is 95.0 Å². The Morgan fingerprint density at radius 2 is 1.60 bits per heavy atom. The number of nitrogens with zero attached hydrogens (tertiary/aromatic N) is 1. The molecule has 0 aromatic heterocycles. The van der Waals surface area contributed by atoms with Crippen LogP contribution in [0.4, 0.5) is 5.69 Å². The molecule has 0 heterocycles. The molecule has 0 spiro atoms. The van der Waals surface area contributed by atoms with Gasteiger partial charge < -0.3 is 5.32 Å². The van der Waals surface area contributed by atoms with Crippen LogP contribution in [-0.2, 0) is 14.8 Å². The van der Waals surface area contributed by atoms with Gasteiger partial charge in [0.2, 0.25) is 5.91 Å². The van der Waals surface area contributed by atoms with E-state index < -0.39 is 10.0 Å². The van der Waals surface area contributed by atoms with Crippen LogP contribution in [-0.4, -0.2) is 27.4 Å². The molecule has 1 amide bonds. The zero-order valence-electron chi connectivity index (χ0n) is 16.5. The topological polar surface area (TPSA) is 66.5 Å². The van der Waals surface area contributed by atoms with E-state index >= 15 is 0 Å². The Labute approximate surface area is 185 Å². The molecule has 0 radical (unpaired) electrons. The van der Waals surface area contributed by atoms with Crippen LogP contribution < -0.4 is 9.62 Å². The van der Waals surface area contributed by atoms with Gasteiger partial charge in [-0.1, -0.05) is 77.5 Å². The normalized spacial score (nSPS) is 12.2. The molecule has 156 valence electrons. The van der Waals surface area contributed by atoms with Gasteiger partial charge in [0.25, 0.3) is 10.0 Å². The van der Waals surface area contributed by atoms with Gasteiger partial charge in [-0.3, -0.25) is 9.10 Å². The standard InChI is InChI=1S/C23H23BrN2O3S/c1-18(19-9-4-2-5-10-19)16-25-23(27)17-26(21-12-8-11-20(24)15-21)30(28,29)22-13-6-3-7-14-22/h2-15,18H,16-17H2,1H3,(H,25,27)/t18-/m1/s1. The summed E-state index contributed by atoms with van der Waals surface area (Å²) < 4.78 is 28.4. The number of anilines is 1. The fourth-order valence-electron chi connectivity index (χ4n) is 3.02. The van der Waals surface area contributed by atoms with Crippen LogP contribution in [0.15, 0.2) is 94.3 Å². The molecule has 0 saturated heterocycles. The van der Waals surface area contributed by atoms with Gasteiger partial charge in [0.15, 0.2) is 0 Å². The monoisotopic (exact) mass is 486 g/mol. The van der Waals surface area contributed by atoms with Crippen LogP contribution in [0.1, 0.15) is 18.4 Å². The lowest BCUT2D eigenvalue weighted by molar-refractivity contribution is -0.119. The smallest absolute Gasteiger partial charge is 0.264 e. The summed E-state index contributed by atoms with van der Waals surface area (Å²) in [7, 11) is -3.91. The average molecular weight is 487 g/mol. The van der Waals surface area contributed by atoms with Crippen molar-refractivity contribution in [2.75, 3.05) is 17.4 Å². The van der Waals surface area contributed by atoms with Gasteiger partial charge in [0.1, 0.15) is 6.54 Å². The molecule has 1 N–H and O–H groups in total. The number of benzene rings is 3. The summed E-state index contributed by atoms with van der Waals surface area (Å²) in [5, 5.41) is 2.86. The predicted molar refractivity (Wildman–Crippen MR) is 123 cm³/mol. The minimum atomic E-state index is -3.91. The summed E-state index contributed by atoms with van der Waals surface area (Å²) in [5.74, 6) is -0.252. The molecule has 3 aromatic rings. The SMILES string of the molecule is C[C@H](CNC(=O)CN(c1cccc(Br)c1)S(=O)(=O)c1ccccc1)c1ccccc1. The number of hydrogen-bond acceptors (Lipinski definition) is 3. The highest BCUT2D eigenvalue weighted by Crippen LogP contribution is 2.26. The van der Waals surface area contributed by atoms with E-state index in [4.69, 9.17) is 0 Å². The molecular weight excluding hydrogens is 464 g/mol. The summed E-state index contributed by atoms with van der Waals surface area (Å²) in [6.07, 6.45) is 0. The van der Waals surface area contributed by atoms with Crippen LogP contribution in [0.2, 0.25) is 0 Å². The van der Waals surface area contributed by atoms with E-state index in [1.165, 1.54) is 12.1 Å². The van der Waals surface area contributed by atoms with E-state index in [1.807, 2.05) is 37.3 Å². The molecule has 3 rings (SSSR count). The summed E-state index contributed by atoms with van der Waals surface area (Å²) in [5.41, 5.74) is 1.53. The quantitative estimate of drug-likeness (QED) is 0.507. The Hall–Kier alpha value is -2.64. The van der Waals surface area contributed by atoms with Crippen LogP contribution in [0.3, 0.4) is 0 Å². The zero-order chi connectivity index (χ0) is 21.6. The lowest BCUT2D eigenvalue weighted by Gasteiger charge is -2.24. The molecule has 1 atom stereocenters. The average Bonchev–Trinajstić information content (AvgIpc) is 2.77. The second-order valence-electron chi connectivity index (χ2n) is 6.92. The number of sulfonamides is 1. The van der Waals surface area contributed by atoms with Gasteiger partial charge in [-0.15, -0.1) is 0 Å². The van der Waals surface area contributed by atoms with Crippen molar-refractivity contribution >= 4 is 37.5 Å². The fourth-order valence-corrected chi connectivity index (χ4v) is 4.84. The van der Waals surface area contributed by atoms with Crippen molar-refractivity contribution in [3.63, 3.8) is 0 Å². The van der Waals surface area contributed by atoms with Crippen LogP contribution in [0.25, 0.3) is 0 Å². The zero-order valence-corrected chi connectivity index (χ0v) is 18.9. The molecule has 30 heavy (non-hydrogen) atoms. The molecule has 0 aliphatic rings. The van der Waals surface area contributed by atoms with Crippen molar-refractivity contribution in [1.82, 2.24) is 5.32 Å². The van der Waals surface area contributed by atoms with E-state index in [0.717, 1.165) is 14.3 Å². The Morgan fingerprint density at radius 3 is 2.23 bits per heavy atom. The molecule has 3 aromatic carbocycles. The molecule has 0 bridgehead atoms. The molecule has 0 aliphatic carbocycles. The Kier molecular flexibility index (Phi) is 7.29. The molecule has 0 unspecified atom stereocenters. The lowest BCUT2D eigenvalue weighted by atomic mass is 10.0. The summed E-state index contributed by atoms with van der Waals surface area (Å²) in [6.45, 7) is 2.12. The van der Waals surface area contributed by atoms with E-state index in [1.54, 1.807) is 42.5 Å². The fraction of sp³-hybridized carbons (Fsp3) is 0.174. The van der Waals surface area contributed by atoms with E-state index in [0.29, 0.717) is 12.2 Å². The van der Waals surface area contributed by atoms with Gasteiger partial charge in [-0.05, 0) is 41.8 Å². The number of halogens is 1. The minimum absolute atomic E-state index is 0.111. The first-order valence-corrected chi connectivity index (χ1v) is 11.8. The second-order valence-corrected chi connectivity index (χ2v) is 9.70. The molecular formula is C23H23BrN2O3S. The predicted octanol–water partition coefficient (Wildman–Crippen LogP) is 4.56. The molecule has 7 heteroatoms. The third kappa shape index (κ3) is 5.49. The van der Waals surface area contributed by atoms with Crippen molar-refractivity contribution in [3.8, 4) is 0 Å². The number of rotatable bonds is 8. The van der Waals surface area contributed by atoms with Gasteiger partial charge in [-0.2, -0.15) is 0 Å². The van der Waals surface area contributed by atoms with Crippen LogP contribution in [0.5, 0.6) is 0 Å². The Bertz CT molecular complexity index is 1090. The third-order valence-electron chi connectivity index (χ3n) is 4.69. The highest BCUT2D eigenvalue weighted by Gasteiger charge is 2.27. The van der Waals surface area contributed by atoms with Crippen LogP contribution >= 0.6 is 15.9 Å². The maximum Gasteiger partial charge on any atom is 0.264 e. The minimum Gasteiger partial charge on any atom is -0.354 e. The number of carbonyl (C=O) groups is 1. The first kappa shape index (κ1) is 22.1. The lowest BCUT2D eigenvalue weighted by Crippen LogP contribution is -2.41. The third-order valence-corrected chi connectivity index (χ3v) is 6.97. The summed E-state index contributed by atoms with van der Waals surface area (Å²) in [6, 6.07) is 24.9. The maximum atomic E-state index is 13.3. The van der Waals surface area contributed by atoms with Crippen molar-refractivity contribution in [1.29, 1.82) is 0 Å². The number of hydrogen-bond donors (Lipinski definition) is 1. The van der Waals surface area contributed by atoms with E-state index in [2.05, 4.69) is 21.2 Å². The van der Waals surface area contributed by atoms with E-state index in [9.17, 15) is 13.2 Å². The number of amides is 1. The van der Waals surface area contributed by atoms with Crippen molar-refractivity contribution in [2.45, 2.75) is 17.7 Å². The largest absolute Gasteiger partial charge is 0.354 e. The van der Waals surface area contributed by atoms with Gasteiger partial charge >= 0.3 is 0 Å². The Balaban J connectivity index is 1.80. The first-order valence-electron chi connectivity index (χ1n) is 9.53.